The van der Waals surface area contributed by atoms with Crippen LogP contribution in [0.4, 0.5) is 0 Å². The van der Waals surface area contributed by atoms with Crippen molar-refractivity contribution in [3.63, 3.8) is 0 Å². The molecule has 0 aromatic rings. The Hall–Kier alpha value is -0.610. The Morgan fingerprint density at radius 1 is 1.30 bits per heavy atom. The molecule has 1 aliphatic heterocycles. The number of hydrogen-bond donors (Lipinski definition) is 1. The lowest BCUT2D eigenvalue weighted by Crippen LogP contribution is -2.49. The Kier molecular flexibility index (Phi) is 5.44. The maximum absolute atomic E-state index is 12.0. The molecule has 4 heteroatoms. The van der Waals surface area contributed by atoms with Crippen molar-refractivity contribution in [2.45, 2.75) is 70.4 Å². The molecular weight excluding hydrogens is 252 g/mol. The van der Waals surface area contributed by atoms with Crippen LogP contribution in [-0.4, -0.2) is 42.1 Å². The van der Waals surface area contributed by atoms with E-state index in [1.807, 2.05) is 6.92 Å². The van der Waals surface area contributed by atoms with Crippen LogP contribution in [0.3, 0.4) is 0 Å². The van der Waals surface area contributed by atoms with E-state index >= 15 is 0 Å². The first kappa shape index (κ1) is 15.8. The first-order valence-corrected chi connectivity index (χ1v) is 8.29. The third-order valence-electron chi connectivity index (χ3n) is 5.07. The zero-order chi connectivity index (χ0) is 14.6. The third-order valence-corrected chi connectivity index (χ3v) is 5.07. The summed E-state index contributed by atoms with van der Waals surface area (Å²) >= 11 is 0. The van der Waals surface area contributed by atoms with E-state index in [0.717, 1.165) is 25.2 Å². The van der Waals surface area contributed by atoms with Crippen LogP contribution in [0.1, 0.15) is 58.8 Å². The summed E-state index contributed by atoms with van der Waals surface area (Å²) < 4.78 is 5.13. The van der Waals surface area contributed by atoms with Gasteiger partial charge in [0, 0.05) is 6.04 Å². The van der Waals surface area contributed by atoms with Crippen LogP contribution in [0, 0.1) is 5.92 Å². The van der Waals surface area contributed by atoms with E-state index in [4.69, 9.17) is 10.5 Å². The number of nitrogens with zero attached hydrogens (tertiary/aromatic N) is 1. The number of esters is 1. The molecular formula is C16H30N2O2. The van der Waals surface area contributed by atoms with Crippen molar-refractivity contribution in [3.05, 3.63) is 0 Å². The molecule has 2 fully saturated rings. The number of ether oxygens (including phenoxy) is 1. The zero-order valence-electron chi connectivity index (χ0n) is 13.1. The number of likely N-dealkylation sites (tertiary alicyclic amines) is 1. The van der Waals surface area contributed by atoms with Crippen molar-refractivity contribution in [1.29, 1.82) is 0 Å². The highest BCUT2D eigenvalue weighted by molar-refractivity contribution is 5.81. The summed E-state index contributed by atoms with van der Waals surface area (Å²) in [5, 5.41) is 0. The van der Waals surface area contributed by atoms with Gasteiger partial charge in [0.1, 0.15) is 5.54 Å². The van der Waals surface area contributed by atoms with E-state index in [0.29, 0.717) is 12.6 Å². The molecule has 0 aromatic heterocycles. The molecule has 2 N–H and O–H groups in total. The molecule has 1 heterocycles. The van der Waals surface area contributed by atoms with Crippen molar-refractivity contribution in [2.75, 3.05) is 19.7 Å². The second-order valence-corrected chi connectivity index (χ2v) is 6.54. The predicted octanol–water partition coefficient (Wildman–Crippen LogP) is 2.31. The fourth-order valence-electron chi connectivity index (χ4n) is 3.84. The Balaban J connectivity index is 1.83. The van der Waals surface area contributed by atoms with Crippen molar-refractivity contribution < 1.29 is 9.53 Å². The largest absolute Gasteiger partial charge is 0.465 e. The van der Waals surface area contributed by atoms with Crippen LogP contribution in [0.15, 0.2) is 0 Å². The molecule has 0 radical (unpaired) electrons. The Morgan fingerprint density at radius 3 is 2.60 bits per heavy atom. The number of rotatable bonds is 5. The van der Waals surface area contributed by atoms with Gasteiger partial charge in [-0.25, -0.2) is 0 Å². The van der Waals surface area contributed by atoms with E-state index in [2.05, 4.69) is 11.8 Å². The lowest BCUT2D eigenvalue weighted by molar-refractivity contribution is -0.149. The Labute approximate surface area is 123 Å². The smallest absolute Gasteiger partial charge is 0.326 e. The van der Waals surface area contributed by atoms with Gasteiger partial charge >= 0.3 is 5.97 Å². The molecule has 20 heavy (non-hydrogen) atoms. The second kappa shape index (κ2) is 6.90. The van der Waals surface area contributed by atoms with Crippen LogP contribution < -0.4 is 5.73 Å². The minimum absolute atomic E-state index is 0.205. The summed E-state index contributed by atoms with van der Waals surface area (Å²) in [5.74, 6) is 0.703. The lowest BCUT2D eigenvalue weighted by Gasteiger charge is -2.36. The molecule has 4 nitrogen and oxygen atoms in total. The maximum atomic E-state index is 12.0. The van der Waals surface area contributed by atoms with Gasteiger partial charge in [0.25, 0.3) is 0 Å². The van der Waals surface area contributed by atoms with Gasteiger partial charge in [-0.1, -0.05) is 19.8 Å². The van der Waals surface area contributed by atoms with E-state index in [1.165, 1.54) is 38.8 Å². The fraction of sp³-hybridized carbons (Fsp3) is 0.938. The molecule has 2 unspecified atom stereocenters. The normalized spacial score (nSPS) is 32.5. The topological polar surface area (TPSA) is 55.6 Å². The molecule has 0 amide bonds. The van der Waals surface area contributed by atoms with Gasteiger partial charge in [-0.15, -0.1) is 0 Å². The average molecular weight is 282 g/mol. The molecule has 2 aliphatic rings. The maximum Gasteiger partial charge on any atom is 0.326 e. The fourth-order valence-corrected chi connectivity index (χ4v) is 3.84. The zero-order valence-corrected chi connectivity index (χ0v) is 13.1. The number of carbonyl (C=O) groups excluding carboxylic acids is 1. The van der Waals surface area contributed by atoms with Gasteiger partial charge in [0.2, 0.25) is 0 Å². The van der Waals surface area contributed by atoms with Crippen molar-refractivity contribution in [1.82, 2.24) is 4.90 Å². The standard InChI is InChI=1S/C16H30N2O2/c1-3-5-13-7-10-18(11-8-13)14-6-9-16(17,12-14)15(19)20-4-2/h13-14H,3-12,17H2,1-2H3. The van der Waals surface area contributed by atoms with Gasteiger partial charge in [0.05, 0.1) is 6.61 Å². The number of hydrogen-bond acceptors (Lipinski definition) is 4. The van der Waals surface area contributed by atoms with Crippen molar-refractivity contribution in [2.24, 2.45) is 11.7 Å². The second-order valence-electron chi connectivity index (χ2n) is 6.54. The molecule has 0 spiro atoms. The first-order chi connectivity index (χ1) is 9.59. The summed E-state index contributed by atoms with van der Waals surface area (Å²) in [6.07, 6.45) is 7.84. The summed E-state index contributed by atoms with van der Waals surface area (Å²) in [6.45, 7) is 6.88. The minimum Gasteiger partial charge on any atom is -0.465 e. The summed E-state index contributed by atoms with van der Waals surface area (Å²) in [6, 6.07) is 0.479. The van der Waals surface area contributed by atoms with Gasteiger partial charge in [-0.2, -0.15) is 0 Å². The van der Waals surface area contributed by atoms with Gasteiger partial charge in [-0.05, 0) is 58.0 Å². The van der Waals surface area contributed by atoms with Crippen LogP contribution in [0.5, 0.6) is 0 Å². The van der Waals surface area contributed by atoms with Crippen LogP contribution in [0.2, 0.25) is 0 Å². The van der Waals surface area contributed by atoms with E-state index < -0.39 is 5.54 Å². The highest BCUT2D eigenvalue weighted by atomic mass is 16.5. The lowest BCUT2D eigenvalue weighted by atomic mass is 9.91. The number of nitrogens with two attached hydrogens (primary N) is 1. The highest BCUT2D eigenvalue weighted by Crippen LogP contribution is 2.34. The Bertz CT molecular complexity index is 326. The van der Waals surface area contributed by atoms with E-state index in [9.17, 15) is 4.79 Å². The molecule has 2 rings (SSSR count). The van der Waals surface area contributed by atoms with Crippen LogP contribution >= 0.6 is 0 Å². The highest BCUT2D eigenvalue weighted by Gasteiger charge is 2.45. The van der Waals surface area contributed by atoms with Gasteiger partial charge in [0.15, 0.2) is 0 Å². The van der Waals surface area contributed by atoms with Crippen LogP contribution in [-0.2, 0) is 9.53 Å². The van der Waals surface area contributed by atoms with Crippen molar-refractivity contribution in [3.8, 4) is 0 Å². The molecule has 1 aliphatic carbocycles. The molecule has 116 valence electrons. The average Bonchev–Trinajstić information content (AvgIpc) is 2.84. The van der Waals surface area contributed by atoms with Crippen LogP contribution in [0.25, 0.3) is 0 Å². The quantitative estimate of drug-likeness (QED) is 0.786. The first-order valence-electron chi connectivity index (χ1n) is 8.29. The van der Waals surface area contributed by atoms with E-state index in [1.54, 1.807) is 0 Å². The predicted molar refractivity (Wildman–Crippen MR) is 80.4 cm³/mol. The SMILES string of the molecule is CCCC1CCN(C2CCC(N)(C(=O)OCC)C2)CC1. The number of carbonyl (C=O) groups is 1. The Morgan fingerprint density at radius 2 is 2.00 bits per heavy atom. The summed E-state index contributed by atoms with van der Waals surface area (Å²) in [4.78, 5) is 14.5. The van der Waals surface area contributed by atoms with Gasteiger partial charge < -0.3 is 15.4 Å². The third kappa shape index (κ3) is 3.53. The molecule has 1 saturated heterocycles. The molecule has 0 aromatic carbocycles. The number of piperidine rings is 1. The summed E-state index contributed by atoms with van der Waals surface area (Å²) in [7, 11) is 0. The molecule has 1 saturated carbocycles. The molecule has 0 bridgehead atoms. The van der Waals surface area contributed by atoms with E-state index in [-0.39, 0.29) is 5.97 Å². The summed E-state index contributed by atoms with van der Waals surface area (Å²) in [5.41, 5.74) is 5.52. The minimum atomic E-state index is -0.735. The monoisotopic (exact) mass is 282 g/mol. The molecule has 2 atom stereocenters. The van der Waals surface area contributed by atoms with Gasteiger partial charge in [-0.3, -0.25) is 4.79 Å². The van der Waals surface area contributed by atoms with Crippen molar-refractivity contribution >= 4 is 5.97 Å².